The summed E-state index contributed by atoms with van der Waals surface area (Å²) in [5, 5.41) is 0. The predicted octanol–water partition coefficient (Wildman–Crippen LogP) is 1.61. The minimum Gasteiger partial charge on any atom is -0.381 e. The van der Waals surface area contributed by atoms with Crippen molar-refractivity contribution in [2.45, 2.75) is 25.3 Å². The SMILES string of the molecule is CC(N)c1cnccc1C1CCOC1. The van der Waals surface area contributed by atoms with E-state index >= 15 is 0 Å². The molecular formula is C11H16N2O. The van der Waals surface area contributed by atoms with Gasteiger partial charge < -0.3 is 10.5 Å². The predicted molar refractivity (Wildman–Crippen MR) is 55.0 cm³/mol. The van der Waals surface area contributed by atoms with E-state index in [0.717, 1.165) is 25.2 Å². The Morgan fingerprint density at radius 3 is 3.14 bits per heavy atom. The molecule has 1 aliphatic heterocycles. The Kier molecular flexibility index (Phi) is 2.79. The zero-order chi connectivity index (χ0) is 9.97. The normalized spacial score (nSPS) is 23.7. The second kappa shape index (κ2) is 4.07. The molecule has 2 heterocycles. The van der Waals surface area contributed by atoms with Crippen molar-refractivity contribution < 1.29 is 4.74 Å². The van der Waals surface area contributed by atoms with Crippen LogP contribution in [0, 0.1) is 0 Å². The molecule has 2 rings (SSSR count). The van der Waals surface area contributed by atoms with Gasteiger partial charge in [0, 0.05) is 31.0 Å². The van der Waals surface area contributed by atoms with Crippen LogP contribution in [0.15, 0.2) is 18.5 Å². The van der Waals surface area contributed by atoms with Gasteiger partial charge in [-0.2, -0.15) is 0 Å². The summed E-state index contributed by atoms with van der Waals surface area (Å²) in [7, 11) is 0. The Morgan fingerprint density at radius 2 is 2.50 bits per heavy atom. The summed E-state index contributed by atoms with van der Waals surface area (Å²) in [5.74, 6) is 0.513. The molecular weight excluding hydrogens is 176 g/mol. The molecule has 0 aromatic carbocycles. The zero-order valence-corrected chi connectivity index (χ0v) is 8.44. The van der Waals surface area contributed by atoms with E-state index in [9.17, 15) is 0 Å². The lowest BCUT2D eigenvalue weighted by atomic mass is 9.92. The molecule has 2 atom stereocenters. The number of nitrogens with two attached hydrogens (primary N) is 1. The van der Waals surface area contributed by atoms with Crippen LogP contribution >= 0.6 is 0 Å². The molecule has 1 aliphatic rings. The van der Waals surface area contributed by atoms with Crippen molar-refractivity contribution in [2.75, 3.05) is 13.2 Å². The molecule has 76 valence electrons. The van der Waals surface area contributed by atoms with Gasteiger partial charge in [-0.3, -0.25) is 4.98 Å². The Hall–Kier alpha value is -0.930. The molecule has 14 heavy (non-hydrogen) atoms. The maximum atomic E-state index is 5.90. The van der Waals surface area contributed by atoms with Crippen molar-refractivity contribution in [1.82, 2.24) is 4.98 Å². The number of aromatic nitrogens is 1. The smallest absolute Gasteiger partial charge is 0.0535 e. The third kappa shape index (κ3) is 1.79. The van der Waals surface area contributed by atoms with Crippen LogP contribution < -0.4 is 5.73 Å². The lowest BCUT2D eigenvalue weighted by Crippen LogP contribution is -2.11. The first-order valence-electron chi connectivity index (χ1n) is 5.06. The Balaban J connectivity index is 2.30. The van der Waals surface area contributed by atoms with Crippen LogP contribution in [0.2, 0.25) is 0 Å². The van der Waals surface area contributed by atoms with Crippen LogP contribution in [-0.4, -0.2) is 18.2 Å². The second-order valence-corrected chi connectivity index (χ2v) is 3.85. The number of nitrogens with zero attached hydrogens (tertiary/aromatic N) is 1. The summed E-state index contributed by atoms with van der Waals surface area (Å²) in [6.07, 6.45) is 4.81. The van der Waals surface area contributed by atoms with Crippen molar-refractivity contribution in [3.63, 3.8) is 0 Å². The minimum absolute atomic E-state index is 0.0549. The fourth-order valence-electron chi connectivity index (χ4n) is 1.95. The molecule has 3 heteroatoms. The number of pyridine rings is 1. The molecule has 1 fully saturated rings. The maximum Gasteiger partial charge on any atom is 0.0535 e. The standard InChI is InChI=1S/C11H16N2O/c1-8(12)11-6-13-4-2-10(11)9-3-5-14-7-9/h2,4,6,8-9H,3,5,7,12H2,1H3. The van der Waals surface area contributed by atoms with Gasteiger partial charge in [0.1, 0.15) is 0 Å². The minimum atomic E-state index is 0.0549. The zero-order valence-electron chi connectivity index (χ0n) is 8.44. The first-order chi connectivity index (χ1) is 6.79. The molecule has 0 amide bonds. The number of hydrogen-bond donors (Lipinski definition) is 1. The van der Waals surface area contributed by atoms with Gasteiger partial charge in [-0.15, -0.1) is 0 Å². The largest absolute Gasteiger partial charge is 0.381 e. The highest BCUT2D eigenvalue weighted by Gasteiger charge is 2.21. The van der Waals surface area contributed by atoms with E-state index in [1.165, 1.54) is 5.56 Å². The van der Waals surface area contributed by atoms with Gasteiger partial charge in [0.15, 0.2) is 0 Å². The van der Waals surface area contributed by atoms with Crippen LogP contribution in [0.4, 0.5) is 0 Å². The highest BCUT2D eigenvalue weighted by atomic mass is 16.5. The van der Waals surface area contributed by atoms with E-state index < -0.39 is 0 Å². The van der Waals surface area contributed by atoms with Crippen molar-refractivity contribution in [3.05, 3.63) is 29.6 Å². The summed E-state index contributed by atoms with van der Waals surface area (Å²) in [6, 6.07) is 2.12. The highest BCUT2D eigenvalue weighted by molar-refractivity contribution is 5.30. The van der Waals surface area contributed by atoms with E-state index in [4.69, 9.17) is 10.5 Å². The van der Waals surface area contributed by atoms with Gasteiger partial charge in [0.2, 0.25) is 0 Å². The number of hydrogen-bond acceptors (Lipinski definition) is 3. The molecule has 0 radical (unpaired) electrons. The molecule has 2 N–H and O–H groups in total. The fraction of sp³-hybridized carbons (Fsp3) is 0.545. The number of rotatable bonds is 2. The van der Waals surface area contributed by atoms with E-state index in [1.807, 2.05) is 19.3 Å². The van der Waals surface area contributed by atoms with Gasteiger partial charge in [-0.05, 0) is 30.5 Å². The molecule has 0 spiro atoms. The van der Waals surface area contributed by atoms with Gasteiger partial charge >= 0.3 is 0 Å². The lowest BCUT2D eigenvalue weighted by molar-refractivity contribution is 0.194. The molecule has 0 aliphatic carbocycles. The van der Waals surface area contributed by atoms with Crippen LogP contribution in [0.5, 0.6) is 0 Å². The Bertz CT molecular complexity index is 306. The van der Waals surface area contributed by atoms with Crippen molar-refractivity contribution >= 4 is 0 Å². The van der Waals surface area contributed by atoms with Gasteiger partial charge in [-0.1, -0.05) is 0 Å². The maximum absolute atomic E-state index is 5.90. The van der Waals surface area contributed by atoms with Gasteiger partial charge in [0.05, 0.1) is 6.61 Å². The van der Waals surface area contributed by atoms with Crippen molar-refractivity contribution in [3.8, 4) is 0 Å². The average molecular weight is 192 g/mol. The van der Waals surface area contributed by atoms with Gasteiger partial charge in [-0.25, -0.2) is 0 Å². The summed E-state index contributed by atoms with van der Waals surface area (Å²) in [6.45, 7) is 3.69. The first kappa shape index (κ1) is 9.62. The summed E-state index contributed by atoms with van der Waals surface area (Å²) in [5.41, 5.74) is 8.37. The van der Waals surface area contributed by atoms with Crippen LogP contribution in [-0.2, 0) is 4.74 Å². The number of ether oxygens (including phenoxy) is 1. The molecule has 1 aromatic heterocycles. The van der Waals surface area contributed by atoms with Crippen LogP contribution in [0.25, 0.3) is 0 Å². The molecule has 0 bridgehead atoms. The second-order valence-electron chi connectivity index (χ2n) is 3.85. The third-order valence-electron chi connectivity index (χ3n) is 2.75. The van der Waals surface area contributed by atoms with Crippen LogP contribution in [0.1, 0.15) is 36.4 Å². The summed E-state index contributed by atoms with van der Waals surface area (Å²) in [4.78, 5) is 4.12. The Labute approximate surface area is 84.3 Å². The molecule has 1 aromatic rings. The van der Waals surface area contributed by atoms with Crippen molar-refractivity contribution in [1.29, 1.82) is 0 Å². The van der Waals surface area contributed by atoms with Crippen molar-refractivity contribution in [2.24, 2.45) is 5.73 Å². The highest BCUT2D eigenvalue weighted by Crippen LogP contribution is 2.29. The van der Waals surface area contributed by atoms with E-state index in [0.29, 0.717) is 5.92 Å². The molecule has 3 nitrogen and oxygen atoms in total. The summed E-state index contributed by atoms with van der Waals surface area (Å²) < 4.78 is 5.39. The van der Waals surface area contributed by atoms with E-state index in [-0.39, 0.29) is 6.04 Å². The van der Waals surface area contributed by atoms with E-state index in [2.05, 4.69) is 11.1 Å². The lowest BCUT2D eigenvalue weighted by Gasteiger charge is -2.15. The molecule has 0 saturated carbocycles. The van der Waals surface area contributed by atoms with E-state index in [1.54, 1.807) is 0 Å². The first-order valence-corrected chi connectivity index (χ1v) is 5.06. The summed E-state index contributed by atoms with van der Waals surface area (Å²) >= 11 is 0. The van der Waals surface area contributed by atoms with Gasteiger partial charge in [0.25, 0.3) is 0 Å². The fourth-order valence-corrected chi connectivity index (χ4v) is 1.95. The third-order valence-corrected chi connectivity index (χ3v) is 2.75. The molecule has 2 unspecified atom stereocenters. The topological polar surface area (TPSA) is 48.1 Å². The quantitative estimate of drug-likeness (QED) is 0.774. The molecule has 1 saturated heterocycles. The van der Waals surface area contributed by atoms with Crippen LogP contribution in [0.3, 0.4) is 0 Å². The Morgan fingerprint density at radius 1 is 1.64 bits per heavy atom. The monoisotopic (exact) mass is 192 g/mol. The average Bonchev–Trinajstić information content (AvgIpc) is 2.70.